The van der Waals surface area contributed by atoms with Crippen LogP contribution in [0.4, 0.5) is 5.69 Å². The molecule has 6 nitrogen and oxygen atoms in total. The Kier molecular flexibility index (Phi) is 8.61. The Morgan fingerprint density at radius 3 is 2.39 bits per heavy atom. The van der Waals surface area contributed by atoms with Crippen molar-refractivity contribution < 1.29 is 24.9 Å². The highest BCUT2D eigenvalue weighted by Crippen LogP contribution is 2.13. The van der Waals surface area contributed by atoms with E-state index in [0.29, 0.717) is 17.3 Å². The van der Waals surface area contributed by atoms with Gasteiger partial charge in [0.15, 0.2) is 0 Å². The number of carbonyl (C=O) groups excluding carboxylic acids is 2. The van der Waals surface area contributed by atoms with Crippen LogP contribution in [-0.2, 0) is 9.59 Å². The Balaban J connectivity index is 2.46. The molecule has 0 bridgehead atoms. The second-order valence-corrected chi connectivity index (χ2v) is 5.85. The number of amides is 1. The second-order valence-electron chi connectivity index (χ2n) is 5.42. The first-order valence-electron chi connectivity index (χ1n) is 7.89. The molecule has 4 N–H and O–H groups in total. The lowest BCUT2D eigenvalue weighted by Gasteiger charge is -2.19. The van der Waals surface area contributed by atoms with E-state index in [2.05, 4.69) is 19.2 Å². The van der Waals surface area contributed by atoms with Gasteiger partial charge >= 0.3 is 0 Å². The fraction of sp³-hybridized carbons (Fsp3) is 0.500. The van der Waals surface area contributed by atoms with Crippen LogP contribution in [0.3, 0.4) is 0 Å². The minimum absolute atomic E-state index is 0.126. The van der Waals surface area contributed by atoms with E-state index in [4.69, 9.17) is 11.6 Å². The molecule has 1 aromatic rings. The zero-order chi connectivity index (χ0) is 17.2. The molecule has 1 amide bonds. The third-order valence-electron chi connectivity index (χ3n) is 3.79. The van der Waals surface area contributed by atoms with Crippen molar-refractivity contribution in [2.75, 3.05) is 31.5 Å². The largest absolute Gasteiger partial charge is 0.544 e. The molecule has 0 saturated heterocycles. The zero-order valence-electron chi connectivity index (χ0n) is 13.6. The third kappa shape index (κ3) is 7.45. The minimum Gasteiger partial charge on any atom is -0.544 e. The van der Waals surface area contributed by atoms with Crippen LogP contribution in [0, 0.1) is 0 Å². The normalized spacial score (nSPS) is 12.2. The second kappa shape index (κ2) is 10.2. The van der Waals surface area contributed by atoms with E-state index in [0.717, 1.165) is 19.6 Å². The lowest BCUT2D eigenvalue weighted by molar-refractivity contribution is -0.910. The predicted molar refractivity (Wildman–Crippen MR) is 87.2 cm³/mol. The van der Waals surface area contributed by atoms with Gasteiger partial charge in [-0.2, -0.15) is 0 Å². The van der Waals surface area contributed by atoms with Gasteiger partial charge < -0.3 is 25.4 Å². The first-order chi connectivity index (χ1) is 11.0. The fourth-order valence-corrected chi connectivity index (χ4v) is 2.43. The lowest BCUT2D eigenvalue weighted by Crippen LogP contribution is -3.14. The van der Waals surface area contributed by atoms with Crippen molar-refractivity contribution in [1.29, 1.82) is 0 Å². The molecule has 0 fully saturated rings. The van der Waals surface area contributed by atoms with Crippen LogP contribution >= 0.6 is 11.6 Å². The predicted octanol–water partition coefficient (Wildman–Crippen LogP) is -1.72. The maximum absolute atomic E-state index is 12.0. The molecule has 0 radical (unpaired) electrons. The van der Waals surface area contributed by atoms with Crippen LogP contribution < -0.4 is 20.6 Å². The molecule has 0 unspecified atom stereocenters. The topological polar surface area (TPSA) is 90.3 Å². The first kappa shape index (κ1) is 19.4. The number of carboxylic acids is 1. The van der Waals surface area contributed by atoms with Crippen molar-refractivity contribution in [3.05, 3.63) is 29.3 Å². The summed E-state index contributed by atoms with van der Waals surface area (Å²) in [5.41, 5.74) is 0.587. The van der Waals surface area contributed by atoms with Crippen LogP contribution in [0.25, 0.3) is 0 Å². The Morgan fingerprint density at radius 1 is 1.26 bits per heavy atom. The van der Waals surface area contributed by atoms with Gasteiger partial charge in [0.05, 0.1) is 25.5 Å². The number of likely N-dealkylation sites (N-methyl/N-ethyl adjacent to an activating group) is 1. The van der Waals surface area contributed by atoms with Gasteiger partial charge in [0.2, 0.25) is 5.91 Å². The Bertz CT molecular complexity index is 504. The number of benzene rings is 1. The number of nitrogens with two attached hydrogens (primary N) is 1. The van der Waals surface area contributed by atoms with Gasteiger partial charge in [0, 0.05) is 10.7 Å². The van der Waals surface area contributed by atoms with Crippen molar-refractivity contribution in [1.82, 2.24) is 0 Å². The molecule has 1 aromatic carbocycles. The minimum atomic E-state index is -1.22. The van der Waals surface area contributed by atoms with E-state index in [1.54, 1.807) is 29.6 Å². The molecule has 23 heavy (non-hydrogen) atoms. The number of carboxylic acid groups (broad SMARTS) is 1. The van der Waals surface area contributed by atoms with Crippen LogP contribution in [0.2, 0.25) is 5.02 Å². The number of hydrogen-bond donors (Lipinski definition) is 3. The average molecular weight is 343 g/mol. The van der Waals surface area contributed by atoms with E-state index in [9.17, 15) is 14.7 Å². The molecule has 7 heteroatoms. The van der Waals surface area contributed by atoms with Crippen LogP contribution in [0.1, 0.15) is 20.3 Å². The van der Waals surface area contributed by atoms with Crippen molar-refractivity contribution in [2.45, 2.75) is 26.3 Å². The SMILES string of the molecule is CC[NH+](CC)CC[NH2+][C@@H](CC(=O)Nc1ccc(Cl)cc1)C(=O)[O-]. The highest BCUT2D eigenvalue weighted by molar-refractivity contribution is 6.30. The van der Waals surface area contributed by atoms with E-state index in [1.165, 1.54) is 4.90 Å². The number of quaternary nitrogens is 2. The Hall–Kier alpha value is -1.63. The van der Waals surface area contributed by atoms with Crippen LogP contribution in [0.5, 0.6) is 0 Å². The number of nitrogens with one attached hydrogen (secondary N) is 2. The summed E-state index contributed by atoms with van der Waals surface area (Å²) in [6, 6.07) is 5.78. The van der Waals surface area contributed by atoms with Crippen molar-refractivity contribution in [3.8, 4) is 0 Å². The molecule has 1 atom stereocenters. The van der Waals surface area contributed by atoms with Gasteiger partial charge in [0.1, 0.15) is 19.1 Å². The number of carbonyl (C=O) groups is 2. The molecule has 0 aliphatic rings. The maximum Gasteiger partial charge on any atom is 0.230 e. The standard InChI is InChI=1S/C16H24ClN3O3/c1-3-20(4-2)10-9-18-14(16(22)23)11-15(21)19-13-7-5-12(17)6-8-13/h5-8,14,18H,3-4,9-11H2,1-2H3,(H,19,21)(H,22,23)/p+1/t14-/m0/s1. The van der Waals surface area contributed by atoms with Gasteiger partial charge in [-0.25, -0.2) is 0 Å². The number of anilines is 1. The first-order valence-corrected chi connectivity index (χ1v) is 8.27. The van der Waals surface area contributed by atoms with Crippen molar-refractivity contribution >= 4 is 29.2 Å². The van der Waals surface area contributed by atoms with Gasteiger partial charge in [-0.05, 0) is 38.1 Å². The highest BCUT2D eigenvalue weighted by atomic mass is 35.5. The van der Waals surface area contributed by atoms with Crippen molar-refractivity contribution in [2.24, 2.45) is 0 Å². The summed E-state index contributed by atoms with van der Waals surface area (Å²) in [4.78, 5) is 24.6. The maximum atomic E-state index is 12.0. The average Bonchev–Trinajstić information content (AvgIpc) is 2.52. The van der Waals surface area contributed by atoms with Gasteiger partial charge in [-0.15, -0.1) is 0 Å². The van der Waals surface area contributed by atoms with Gasteiger partial charge in [0.25, 0.3) is 0 Å². The number of halogens is 1. The summed E-state index contributed by atoms with van der Waals surface area (Å²) in [6.07, 6.45) is -0.126. The highest BCUT2D eigenvalue weighted by Gasteiger charge is 2.19. The molecule has 0 spiro atoms. The molecule has 0 aliphatic carbocycles. The molecule has 0 aromatic heterocycles. The lowest BCUT2D eigenvalue weighted by atomic mass is 10.2. The van der Waals surface area contributed by atoms with Gasteiger partial charge in [-0.1, -0.05) is 11.6 Å². The monoisotopic (exact) mass is 342 g/mol. The smallest absolute Gasteiger partial charge is 0.230 e. The molecule has 128 valence electrons. The van der Waals surface area contributed by atoms with Crippen LogP contribution in [0.15, 0.2) is 24.3 Å². The number of aliphatic carboxylic acids is 1. The zero-order valence-corrected chi connectivity index (χ0v) is 14.4. The van der Waals surface area contributed by atoms with Crippen LogP contribution in [-0.4, -0.2) is 44.1 Å². The Labute approximate surface area is 141 Å². The molecular weight excluding hydrogens is 318 g/mol. The fourth-order valence-electron chi connectivity index (χ4n) is 2.30. The number of hydrogen-bond acceptors (Lipinski definition) is 3. The summed E-state index contributed by atoms with van der Waals surface area (Å²) >= 11 is 5.78. The third-order valence-corrected chi connectivity index (χ3v) is 4.04. The molecule has 1 rings (SSSR count). The quantitative estimate of drug-likeness (QED) is 0.472. The number of rotatable bonds is 10. The van der Waals surface area contributed by atoms with E-state index in [1.807, 2.05) is 0 Å². The van der Waals surface area contributed by atoms with Gasteiger partial charge in [-0.3, -0.25) is 4.79 Å². The van der Waals surface area contributed by atoms with E-state index >= 15 is 0 Å². The summed E-state index contributed by atoms with van der Waals surface area (Å²) in [7, 11) is 0. The molecule has 0 aliphatic heterocycles. The van der Waals surface area contributed by atoms with Crippen molar-refractivity contribution in [3.63, 3.8) is 0 Å². The Morgan fingerprint density at radius 2 is 1.87 bits per heavy atom. The van der Waals surface area contributed by atoms with E-state index in [-0.39, 0.29) is 12.3 Å². The summed E-state index contributed by atoms with van der Waals surface area (Å²) in [5.74, 6) is -1.57. The summed E-state index contributed by atoms with van der Waals surface area (Å²) < 4.78 is 0. The van der Waals surface area contributed by atoms with E-state index < -0.39 is 12.0 Å². The summed E-state index contributed by atoms with van der Waals surface area (Å²) in [6.45, 7) is 7.68. The molecule has 0 saturated carbocycles. The molecular formula is C16H25ClN3O3+. The molecule has 0 heterocycles. The summed E-state index contributed by atoms with van der Waals surface area (Å²) in [5, 5.41) is 16.1.